The monoisotopic (exact) mass is 330 g/mol. The average Bonchev–Trinajstić information content (AvgIpc) is 2.99. The van der Waals surface area contributed by atoms with Gasteiger partial charge < -0.3 is 14.4 Å². The molecule has 5 heteroatoms. The first-order chi connectivity index (χ1) is 11.7. The molecular weight excluding hydrogens is 304 g/mol. The second kappa shape index (κ2) is 6.71. The highest BCUT2D eigenvalue weighted by molar-refractivity contribution is 5.78. The Labute approximate surface area is 143 Å². The fourth-order valence-electron chi connectivity index (χ4n) is 4.39. The summed E-state index contributed by atoms with van der Waals surface area (Å²) in [6.45, 7) is 3.75. The van der Waals surface area contributed by atoms with E-state index < -0.39 is 0 Å². The summed E-state index contributed by atoms with van der Waals surface area (Å²) in [5.74, 6) is 1.64. The van der Waals surface area contributed by atoms with Gasteiger partial charge in [-0.15, -0.1) is 0 Å². The Morgan fingerprint density at radius 1 is 1.21 bits per heavy atom. The molecule has 4 heterocycles. The fraction of sp³-hybridized carbons (Fsp3) is 0.684. The summed E-state index contributed by atoms with van der Waals surface area (Å²) < 4.78 is 12.1. The maximum Gasteiger partial charge on any atom is 0.260 e. The molecule has 2 atom stereocenters. The smallest absolute Gasteiger partial charge is 0.260 e. The number of rotatable bonds is 0. The van der Waals surface area contributed by atoms with Gasteiger partial charge in [0.2, 0.25) is 5.88 Å². The fourth-order valence-corrected chi connectivity index (χ4v) is 4.39. The van der Waals surface area contributed by atoms with Gasteiger partial charge in [0.15, 0.2) is 6.61 Å². The number of nitrogens with zero attached hydrogens (tertiary/aromatic N) is 2. The van der Waals surface area contributed by atoms with Crippen LogP contribution in [0.4, 0.5) is 0 Å². The number of carbonyl (C=O) groups is 1. The van der Waals surface area contributed by atoms with Gasteiger partial charge in [-0.1, -0.05) is 13.0 Å². The highest BCUT2D eigenvalue weighted by Gasteiger charge is 2.36. The zero-order chi connectivity index (χ0) is 16.5. The SMILES string of the molecule is C[C@H]1CCN2C(=O)COc3ncccc3[C@H]3CC[C@H](CC3)OC[C@@H]12. The van der Waals surface area contributed by atoms with Crippen molar-refractivity contribution in [1.82, 2.24) is 9.88 Å². The number of amides is 1. The summed E-state index contributed by atoms with van der Waals surface area (Å²) in [7, 11) is 0. The van der Waals surface area contributed by atoms with E-state index in [2.05, 4.69) is 18.0 Å². The van der Waals surface area contributed by atoms with Gasteiger partial charge in [-0.05, 0) is 50.0 Å². The molecule has 4 aliphatic rings. The normalized spacial score (nSPS) is 33.7. The average molecular weight is 330 g/mol. The summed E-state index contributed by atoms with van der Waals surface area (Å²) in [5.41, 5.74) is 1.15. The van der Waals surface area contributed by atoms with Gasteiger partial charge in [-0.2, -0.15) is 0 Å². The molecule has 24 heavy (non-hydrogen) atoms. The lowest BCUT2D eigenvalue weighted by atomic mass is 9.83. The second-order valence-corrected chi connectivity index (χ2v) is 7.41. The topological polar surface area (TPSA) is 51.7 Å². The number of carbonyl (C=O) groups excluding carboxylic acids is 1. The summed E-state index contributed by atoms with van der Waals surface area (Å²) in [6.07, 6.45) is 7.47. The molecule has 1 aliphatic carbocycles. The minimum Gasteiger partial charge on any atom is -0.467 e. The molecule has 0 aromatic carbocycles. The van der Waals surface area contributed by atoms with E-state index in [4.69, 9.17) is 9.47 Å². The third-order valence-electron chi connectivity index (χ3n) is 5.95. The van der Waals surface area contributed by atoms with E-state index in [1.807, 2.05) is 11.0 Å². The highest BCUT2D eigenvalue weighted by atomic mass is 16.5. The molecule has 1 saturated carbocycles. The van der Waals surface area contributed by atoms with Crippen molar-refractivity contribution in [1.29, 1.82) is 0 Å². The van der Waals surface area contributed by atoms with E-state index in [-0.39, 0.29) is 18.6 Å². The van der Waals surface area contributed by atoms with Crippen molar-refractivity contribution in [3.05, 3.63) is 23.9 Å². The predicted octanol–water partition coefficient (Wildman–Crippen LogP) is 2.75. The largest absolute Gasteiger partial charge is 0.467 e. The lowest BCUT2D eigenvalue weighted by molar-refractivity contribution is -0.136. The Bertz CT molecular complexity index is 598. The van der Waals surface area contributed by atoms with Crippen LogP contribution in [0, 0.1) is 5.92 Å². The van der Waals surface area contributed by atoms with E-state index in [1.165, 1.54) is 0 Å². The number of pyridine rings is 1. The zero-order valence-corrected chi connectivity index (χ0v) is 14.3. The lowest BCUT2D eigenvalue weighted by Crippen LogP contribution is -2.43. The maximum atomic E-state index is 12.6. The van der Waals surface area contributed by atoms with Crippen LogP contribution in [-0.4, -0.2) is 47.7 Å². The van der Waals surface area contributed by atoms with E-state index in [0.29, 0.717) is 30.4 Å². The van der Waals surface area contributed by atoms with Crippen molar-refractivity contribution in [2.24, 2.45) is 5.92 Å². The molecule has 0 unspecified atom stereocenters. The van der Waals surface area contributed by atoms with E-state index in [1.54, 1.807) is 6.20 Å². The van der Waals surface area contributed by atoms with Crippen molar-refractivity contribution < 1.29 is 14.3 Å². The number of ether oxygens (including phenoxy) is 2. The van der Waals surface area contributed by atoms with Gasteiger partial charge >= 0.3 is 0 Å². The molecular formula is C19H26N2O3. The molecule has 0 N–H and O–H groups in total. The molecule has 1 saturated heterocycles. The van der Waals surface area contributed by atoms with Crippen LogP contribution in [0.5, 0.6) is 5.88 Å². The van der Waals surface area contributed by atoms with Gasteiger partial charge in [0.1, 0.15) is 0 Å². The first-order valence-electron chi connectivity index (χ1n) is 9.21. The van der Waals surface area contributed by atoms with E-state index in [0.717, 1.165) is 44.2 Å². The Hall–Kier alpha value is -1.62. The Kier molecular flexibility index (Phi) is 4.44. The van der Waals surface area contributed by atoms with Crippen LogP contribution in [0.2, 0.25) is 0 Å². The van der Waals surface area contributed by atoms with Crippen molar-refractivity contribution in [3.63, 3.8) is 0 Å². The van der Waals surface area contributed by atoms with Crippen LogP contribution in [0.1, 0.15) is 50.5 Å². The van der Waals surface area contributed by atoms with Crippen molar-refractivity contribution in [2.45, 2.75) is 57.1 Å². The third kappa shape index (κ3) is 3.02. The van der Waals surface area contributed by atoms with Crippen LogP contribution < -0.4 is 4.74 Å². The molecule has 0 radical (unpaired) electrons. The van der Waals surface area contributed by atoms with Crippen LogP contribution in [0.3, 0.4) is 0 Å². The standard InChI is InChI=1S/C19H26N2O3/c1-13-8-10-21-17(13)11-23-15-6-4-14(5-7-15)16-3-2-9-20-19(16)24-12-18(21)22/h2-3,9,13-15,17H,4-8,10-12H2,1H3/t13-,14-,15+,17-/m0/s1. The quantitative estimate of drug-likeness (QED) is 0.734. The van der Waals surface area contributed by atoms with Crippen LogP contribution >= 0.6 is 0 Å². The molecule has 1 aromatic rings. The predicted molar refractivity (Wildman–Crippen MR) is 90.0 cm³/mol. The first-order valence-corrected chi connectivity index (χ1v) is 9.21. The summed E-state index contributed by atoms with van der Waals surface area (Å²) >= 11 is 0. The van der Waals surface area contributed by atoms with Gasteiger partial charge in [-0.3, -0.25) is 4.79 Å². The van der Waals surface area contributed by atoms with Gasteiger partial charge in [0.05, 0.1) is 18.8 Å². The summed E-state index contributed by atoms with van der Waals surface area (Å²) in [4.78, 5) is 19.0. The maximum absolute atomic E-state index is 12.6. The minimum absolute atomic E-state index is 0.0520. The summed E-state index contributed by atoms with van der Waals surface area (Å²) in [5, 5.41) is 0. The molecule has 130 valence electrons. The number of fused-ring (bicyclic) bond motifs is 5. The first kappa shape index (κ1) is 15.9. The number of hydrogen-bond acceptors (Lipinski definition) is 4. The number of hydrogen-bond donors (Lipinski definition) is 0. The zero-order valence-electron chi connectivity index (χ0n) is 14.3. The number of aromatic nitrogens is 1. The summed E-state index contributed by atoms with van der Waals surface area (Å²) in [6, 6.07) is 4.24. The molecule has 5 rings (SSSR count). The van der Waals surface area contributed by atoms with Crippen LogP contribution in [0.15, 0.2) is 18.3 Å². The van der Waals surface area contributed by atoms with Crippen molar-refractivity contribution in [3.8, 4) is 5.88 Å². The van der Waals surface area contributed by atoms with Gasteiger partial charge in [0.25, 0.3) is 5.91 Å². The lowest BCUT2D eigenvalue weighted by Gasteiger charge is -2.31. The molecule has 1 aromatic heterocycles. The molecule has 1 amide bonds. The van der Waals surface area contributed by atoms with E-state index >= 15 is 0 Å². The van der Waals surface area contributed by atoms with Crippen molar-refractivity contribution in [2.75, 3.05) is 19.8 Å². The minimum atomic E-state index is 0.0520. The second-order valence-electron chi connectivity index (χ2n) is 7.41. The van der Waals surface area contributed by atoms with Gasteiger partial charge in [-0.25, -0.2) is 4.98 Å². The van der Waals surface area contributed by atoms with Crippen LogP contribution in [-0.2, 0) is 9.53 Å². The van der Waals surface area contributed by atoms with Crippen molar-refractivity contribution >= 4 is 5.91 Å². The van der Waals surface area contributed by atoms with Crippen LogP contribution in [0.25, 0.3) is 0 Å². The molecule has 0 spiro atoms. The molecule has 5 nitrogen and oxygen atoms in total. The highest BCUT2D eigenvalue weighted by Crippen LogP contribution is 2.38. The Balaban J connectivity index is 1.61. The molecule has 2 bridgehead atoms. The van der Waals surface area contributed by atoms with Gasteiger partial charge in [0, 0.05) is 18.3 Å². The Morgan fingerprint density at radius 3 is 2.88 bits per heavy atom. The van der Waals surface area contributed by atoms with E-state index in [9.17, 15) is 4.79 Å². The Morgan fingerprint density at radius 2 is 2.04 bits per heavy atom. The third-order valence-corrected chi connectivity index (χ3v) is 5.95. The molecule has 2 fully saturated rings. The molecule has 3 aliphatic heterocycles.